The summed E-state index contributed by atoms with van der Waals surface area (Å²) < 4.78 is 5.36. The van der Waals surface area contributed by atoms with Crippen LogP contribution in [0, 0.1) is 6.92 Å². The molecule has 1 unspecified atom stereocenters. The smallest absolute Gasteiger partial charge is 0.0867 e. The lowest BCUT2D eigenvalue weighted by molar-refractivity contribution is 0.0152. The highest BCUT2D eigenvalue weighted by atomic mass is 32.2. The molecule has 1 rings (SSSR count). The lowest BCUT2D eigenvalue weighted by Crippen LogP contribution is -2.20. The molecule has 3 nitrogen and oxygen atoms in total. The molecule has 0 saturated carbocycles. The van der Waals surface area contributed by atoms with Gasteiger partial charge in [-0.1, -0.05) is 6.07 Å². The maximum Gasteiger partial charge on any atom is 0.0867 e. The quantitative estimate of drug-likeness (QED) is 0.605. The van der Waals surface area contributed by atoms with Gasteiger partial charge in [0.2, 0.25) is 0 Å². The van der Waals surface area contributed by atoms with Crippen LogP contribution < -0.4 is 5.73 Å². The van der Waals surface area contributed by atoms with E-state index in [0.717, 1.165) is 16.1 Å². The van der Waals surface area contributed by atoms with Crippen molar-refractivity contribution in [1.82, 2.24) is 0 Å². The van der Waals surface area contributed by atoms with Crippen LogP contribution in [0.25, 0.3) is 0 Å². The first-order valence-electron chi connectivity index (χ1n) is 5.78. The first-order valence-corrected chi connectivity index (χ1v) is 6.76. The second-order valence-corrected chi connectivity index (χ2v) is 5.38. The molecule has 3 N–H and O–H groups in total. The normalized spacial score (nSPS) is 13.0. The van der Waals surface area contributed by atoms with Gasteiger partial charge in [0.1, 0.15) is 0 Å². The third-order valence-electron chi connectivity index (χ3n) is 2.38. The Morgan fingerprint density at radius 1 is 1.41 bits per heavy atom. The molecule has 0 aromatic heterocycles. The summed E-state index contributed by atoms with van der Waals surface area (Å²) in [5.41, 5.74) is 7.70. The van der Waals surface area contributed by atoms with Crippen LogP contribution in [-0.4, -0.2) is 29.7 Å². The topological polar surface area (TPSA) is 55.5 Å². The fraction of sp³-hybridized carbons (Fsp3) is 0.538. The molecule has 0 amide bonds. The fourth-order valence-electron chi connectivity index (χ4n) is 1.33. The van der Waals surface area contributed by atoms with Gasteiger partial charge in [-0.25, -0.2) is 0 Å². The van der Waals surface area contributed by atoms with Gasteiger partial charge in [0, 0.05) is 16.3 Å². The molecule has 0 saturated heterocycles. The van der Waals surface area contributed by atoms with E-state index in [1.54, 1.807) is 11.8 Å². The van der Waals surface area contributed by atoms with E-state index in [-0.39, 0.29) is 6.10 Å². The van der Waals surface area contributed by atoms with Crippen molar-refractivity contribution in [3.63, 3.8) is 0 Å². The number of thioether (sulfide) groups is 1. The maximum absolute atomic E-state index is 9.74. The van der Waals surface area contributed by atoms with Crippen LogP contribution in [0.1, 0.15) is 19.4 Å². The van der Waals surface area contributed by atoms with Crippen molar-refractivity contribution in [2.45, 2.75) is 37.9 Å². The monoisotopic (exact) mass is 255 g/mol. The second-order valence-electron chi connectivity index (χ2n) is 4.32. The van der Waals surface area contributed by atoms with Gasteiger partial charge < -0.3 is 15.6 Å². The van der Waals surface area contributed by atoms with E-state index in [4.69, 9.17) is 10.5 Å². The lowest BCUT2D eigenvalue weighted by Gasteiger charge is -2.14. The number of nitrogen functional groups attached to an aromatic ring is 1. The molecule has 0 heterocycles. The van der Waals surface area contributed by atoms with E-state index >= 15 is 0 Å². The third kappa shape index (κ3) is 4.98. The predicted octanol–water partition coefficient (Wildman–Crippen LogP) is 2.46. The van der Waals surface area contributed by atoms with Crippen molar-refractivity contribution in [2.24, 2.45) is 0 Å². The van der Waals surface area contributed by atoms with Crippen LogP contribution in [0.3, 0.4) is 0 Å². The average molecular weight is 255 g/mol. The summed E-state index contributed by atoms with van der Waals surface area (Å²) in [6.45, 7) is 6.30. The van der Waals surface area contributed by atoms with Crippen LogP contribution in [-0.2, 0) is 4.74 Å². The highest BCUT2D eigenvalue weighted by Gasteiger charge is 2.08. The maximum atomic E-state index is 9.74. The molecule has 1 atom stereocenters. The first-order chi connectivity index (χ1) is 8.00. The third-order valence-corrected chi connectivity index (χ3v) is 3.68. The predicted molar refractivity (Wildman–Crippen MR) is 73.4 cm³/mol. The second kappa shape index (κ2) is 6.89. The van der Waals surface area contributed by atoms with Gasteiger partial charge in [-0.2, -0.15) is 0 Å². The van der Waals surface area contributed by atoms with Crippen molar-refractivity contribution >= 4 is 17.4 Å². The minimum Gasteiger partial charge on any atom is -0.398 e. The molecule has 0 aliphatic rings. The van der Waals surface area contributed by atoms with Crippen LogP contribution >= 0.6 is 11.8 Å². The SMILES string of the molecule is Cc1c(N)cccc1SCC(O)COC(C)C. The van der Waals surface area contributed by atoms with Crippen LogP contribution in [0.15, 0.2) is 23.1 Å². The molecular formula is C13H21NO2S. The van der Waals surface area contributed by atoms with Gasteiger partial charge in [-0.15, -0.1) is 11.8 Å². The summed E-state index contributed by atoms with van der Waals surface area (Å²) in [6.07, 6.45) is -0.285. The number of rotatable bonds is 6. The molecule has 1 aromatic carbocycles. The van der Waals surface area contributed by atoms with Crippen LogP contribution in [0.2, 0.25) is 0 Å². The van der Waals surface area contributed by atoms with Crippen LogP contribution in [0.4, 0.5) is 5.69 Å². The average Bonchev–Trinajstić information content (AvgIpc) is 2.28. The van der Waals surface area contributed by atoms with E-state index in [0.29, 0.717) is 12.4 Å². The van der Waals surface area contributed by atoms with E-state index in [1.807, 2.05) is 39.0 Å². The largest absolute Gasteiger partial charge is 0.398 e. The summed E-state index contributed by atoms with van der Waals surface area (Å²) >= 11 is 1.61. The molecule has 17 heavy (non-hydrogen) atoms. The van der Waals surface area contributed by atoms with Gasteiger partial charge in [0.25, 0.3) is 0 Å². The van der Waals surface area contributed by atoms with E-state index in [9.17, 15) is 5.11 Å². The summed E-state index contributed by atoms with van der Waals surface area (Å²) in [6, 6.07) is 5.84. The van der Waals surface area contributed by atoms with Gasteiger partial charge in [0.15, 0.2) is 0 Å². The molecule has 0 bridgehead atoms. The Morgan fingerprint density at radius 2 is 2.12 bits per heavy atom. The Hall–Kier alpha value is -0.710. The lowest BCUT2D eigenvalue weighted by atomic mass is 10.2. The molecule has 0 aliphatic carbocycles. The summed E-state index contributed by atoms with van der Waals surface area (Å²) in [4.78, 5) is 1.12. The Kier molecular flexibility index (Phi) is 5.82. The Balaban J connectivity index is 2.42. The van der Waals surface area contributed by atoms with Gasteiger partial charge in [-0.05, 0) is 38.5 Å². The molecule has 96 valence electrons. The fourth-order valence-corrected chi connectivity index (χ4v) is 2.30. The van der Waals surface area contributed by atoms with Gasteiger partial charge in [0.05, 0.1) is 18.8 Å². The number of anilines is 1. The summed E-state index contributed by atoms with van der Waals surface area (Å²) in [5, 5.41) is 9.74. The first kappa shape index (κ1) is 14.4. The molecular weight excluding hydrogens is 234 g/mol. The van der Waals surface area contributed by atoms with Crippen molar-refractivity contribution in [2.75, 3.05) is 18.1 Å². The zero-order chi connectivity index (χ0) is 12.8. The number of hydrogen-bond donors (Lipinski definition) is 2. The van der Waals surface area contributed by atoms with E-state index in [1.165, 1.54) is 0 Å². The number of nitrogens with two attached hydrogens (primary N) is 1. The number of aliphatic hydroxyl groups excluding tert-OH is 1. The van der Waals surface area contributed by atoms with E-state index in [2.05, 4.69) is 0 Å². The Bertz CT molecular complexity index is 355. The zero-order valence-electron chi connectivity index (χ0n) is 10.6. The van der Waals surface area contributed by atoms with Gasteiger partial charge in [-0.3, -0.25) is 0 Å². The molecule has 4 heteroatoms. The standard InChI is InChI=1S/C13H21NO2S/c1-9(2)16-7-11(15)8-17-13-6-4-5-12(14)10(13)3/h4-6,9,11,15H,7-8,14H2,1-3H3. The number of hydrogen-bond acceptors (Lipinski definition) is 4. The van der Waals surface area contributed by atoms with E-state index < -0.39 is 6.10 Å². The number of benzene rings is 1. The Morgan fingerprint density at radius 3 is 2.76 bits per heavy atom. The highest BCUT2D eigenvalue weighted by molar-refractivity contribution is 7.99. The number of aliphatic hydroxyl groups is 1. The highest BCUT2D eigenvalue weighted by Crippen LogP contribution is 2.26. The minimum atomic E-state index is -0.441. The van der Waals surface area contributed by atoms with Crippen LogP contribution in [0.5, 0.6) is 0 Å². The molecule has 1 aromatic rings. The Labute approximate surface area is 107 Å². The minimum absolute atomic E-state index is 0.156. The molecule has 0 aliphatic heterocycles. The zero-order valence-corrected chi connectivity index (χ0v) is 11.5. The van der Waals surface area contributed by atoms with Crippen molar-refractivity contribution < 1.29 is 9.84 Å². The van der Waals surface area contributed by atoms with Crippen molar-refractivity contribution in [1.29, 1.82) is 0 Å². The molecule has 0 fully saturated rings. The van der Waals surface area contributed by atoms with Gasteiger partial charge >= 0.3 is 0 Å². The summed E-state index contributed by atoms with van der Waals surface area (Å²) in [5.74, 6) is 0.622. The summed E-state index contributed by atoms with van der Waals surface area (Å²) in [7, 11) is 0. The van der Waals surface area contributed by atoms with Crippen molar-refractivity contribution in [3.05, 3.63) is 23.8 Å². The van der Waals surface area contributed by atoms with Crippen molar-refractivity contribution in [3.8, 4) is 0 Å². The number of ether oxygens (including phenoxy) is 1. The molecule has 0 spiro atoms. The molecule has 0 radical (unpaired) electrons.